The van der Waals surface area contributed by atoms with Gasteiger partial charge in [-0.05, 0) is 63.5 Å². The summed E-state index contributed by atoms with van der Waals surface area (Å²) in [6.07, 6.45) is 1.44. The van der Waals surface area contributed by atoms with Gasteiger partial charge in [-0.1, -0.05) is 6.07 Å². The van der Waals surface area contributed by atoms with Crippen LogP contribution in [0.3, 0.4) is 0 Å². The minimum atomic E-state index is -0.871. The maximum Gasteiger partial charge on any atom is 0.407 e. The molecule has 200 valence electrons. The van der Waals surface area contributed by atoms with E-state index in [0.29, 0.717) is 44.8 Å². The third kappa shape index (κ3) is 5.45. The van der Waals surface area contributed by atoms with Crippen LogP contribution in [0.4, 0.5) is 10.6 Å². The van der Waals surface area contributed by atoms with Gasteiger partial charge >= 0.3 is 12.1 Å². The summed E-state index contributed by atoms with van der Waals surface area (Å²) in [6, 6.07) is 6.99. The molecule has 1 amide bonds. The predicted octanol–water partition coefficient (Wildman–Crippen LogP) is 2.97. The Balaban J connectivity index is 1.40. The molecule has 0 saturated carbocycles. The van der Waals surface area contributed by atoms with Gasteiger partial charge in [0.2, 0.25) is 0 Å². The van der Waals surface area contributed by atoms with Gasteiger partial charge < -0.3 is 29.3 Å². The molecule has 0 radical (unpaired) electrons. The van der Waals surface area contributed by atoms with Gasteiger partial charge in [-0.3, -0.25) is 4.90 Å². The first kappa shape index (κ1) is 25.5. The highest BCUT2D eigenvalue weighted by Gasteiger charge is 2.34. The van der Waals surface area contributed by atoms with E-state index in [1.54, 1.807) is 7.11 Å². The second-order valence-corrected chi connectivity index (χ2v) is 10.6. The second kappa shape index (κ2) is 10.7. The van der Waals surface area contributed by atoms with Gasteiger partial charge in [0, 0.05) is 56.9 Å². The van der Waals surface area contributed by atoms with Gasteiger partial charge in [-0.15, -0.1) is 0 Å². The molecule has 2 aromatic rings. The smallest absolute Gasteiger partial charge is 0.407 e. The molecular formula is C27H38N6O4. The fraction of sp³-hybridized carbons (Fsp3) is 0.593. The van der Waals surface area contributed by atoms with Crippen molar-refractivity contribution < 1.29 is 19.4 Å². The van der Waals surface area contributed by atoms with Crippen LogP contribution in [0, 0.1) is 6.92 Å². The molecule has 3 aliphatic rings. The van der Waals surface area contributed by atoms with E-state index in [1.807, 2.05) is 6.07 Å². The molecule has 10 nitrogen and oxygen atoms in total. The number of anilines is 1. The van der Waals surface area contributed by atoms with E-state index in [1.165, 1.54) is 22.4 Å². The van der Waals surface area contributed by atoms with Gasteiger partial charge in [0.1, 0.15) is 18.2 Å². The summed E-state index contributed by atoms with van der Waals surface area (Å²) in [5.74, 6) is 1.73. The van der Waals surface area contributed by atoms with E-state index in [2.05, 4.69) is 47.7 Å². The first-order valence-corrected chi connectivity index (χ1v) is 13.2. The van der Waals surface area contributed by atoms with Gasteiger partial charge in [0.25, 0.3) is 0 Å². The molecule has 1 N–H and O–H groups in total. The molecule has 2 atom stereocenters. The molecule has 0 unspecified atom stereocenters. The number of hydrogen-bond acceptors (Lipinski definition) is 8. The summed E-state index contributed by atoms with van der Waals surface area (Å²) < 4.78 is 11.6. The monoisotopic (exact) mass is 510 g/mol. The number of likely N-dealkylation sites (N-methyl/N-ethyl adjacent to an activating group) is 1. The van der Waals surface area contributed by atoms with Crippen LogP contribution < -0.4 is 14.4 Å². The minimum Gasteiger partial charge on any atom is -0.497 e. The van der Waals surface area contributed by atoms with Crippen molar-refractivity contribution in [2.75, 3.05) is 51.8 Å². The number of benzene rings is 1. The zero-order valence-corrected chi connectivity index (χ0v) is 22.3. The van der Waals surface area contributed by atoms with Crippen LogP contribution in [-0.2, 0) is 19.6 Å². The van der Waals surface area contributed by atoms with Crippen molar-refractivity contribution in [1.29, 1.82) is 0 Å². The Kier molecular flexibility index (Phi) is 7.39. The number of hydrogen-bond donors (Lipinski definition) is 1. The molecule has 1 aromatic heterocycles. The molecule has 2 fully saturated rings. The number of aromatic nitrogens is 2. The van der Waals surface area contributed by atoms with Gasteiger partial charge in [0.05, 0.1) is 12.8 Å². The molecular weight excluding hydrogens is 472 g/mol. The van der Waals surface area contributed by atoms with Gasteiger partial charge in [-0.2, -0.15) is 9.97 Å². The Morgan fingerprint density at radius 1 is 1.19 bits per heavy atom. The number of nitrogens with zero attached hydrogens (tertiary/aromatic N) is 6. The van der Waals surface area contributed by atoms with Crippen LogP contribution in [0.25, 0.3) is 0 Å². The third-order valence-corrected chi connectivity index (χ3v) is 8.00. The standard InChI is InChI=1S/C27H38N6O4/c1-18-7-8-22(36-4)12-20(18)14-31-15-23-24(16-31)28-26(37-17-21-6-5-9-30(21)3)29-25(23)33-11-10-32(27(34)35)13-19(33)2/h7-8,12,19,21H,5-6,9-11,13-17H2,1-4H3,(H,34,35)/t19-,21-/m0/s1. The van der Waals surface area contributed by atoms with Crippen LogP contribution in [0.1, 0.15) is 42.1 Å². The average molecular weight is 511 g/mol. The fourth-order valence-electron chi connectivity index (χ4n) is 5.69. The van der Waals surface area contributed by atoms with Crippen LogP contribution in [0.5, 0.6) is 11.8 Å². The normalized spacial score (nSPS) is 22.4. The van der Waals surface area contributed by atoms with E-state index in [4.69, 9.17) is 19.4 Å². The van der Waals surface area contributed by atoms with E-state index in [0.717, 1.165) is 48.9 Å². The summed E-state index contributed by atoms with van der Waals surface area (Å²) in [4.78, 5) is 29.8. The van der Waals surface area contributed by atoms with E-state index in [9.17, 15) is 9.90 Å². The van der Waals surface area contributed by atoms with E-state index >= 15 is 0 Å². The number of carbonyl (C=O) groups is 1. The summed E-state index contributed by atoms with van der Waals surface area (Å²) in [5, 5.41) is 9.48. The van der Waals surface area contributed by atoms with Crippen molar-refractivity contribution in [1.82, 2.24) is 24.7 Å². The number of carboxylic acid groups (broad SMARTS) is 1. The number of rotatable bonds is 7. The molecule has 3 aliphatic heterocycles. The number of amides is 1. The van der Waals surface area contributed by atoms with Crippen molar-refractivity contribution in [2.45, 2.75) is 58.4 Å². The lowest BCUT2D eigenvalue weighted by molar-refractivity contribution is 0.136. The van der Waals surface area contributed by atoms with E-state index in [-0.39, 0.29) is 6.04 Å². The first-order valence-electron chi connectivity index (χ1n) is 13.2. The zero-order chi connectivity index (χ0) is 26.1. The molecule has 1 aromatic carbocycles. The van der Waals surface area contributed by atoms with Crippen LogP contribution in [-0.4, -0.2) is 94.9 Å². The molecule has 0 bridgehead atoms. The molecule has 37 heavy (non-hydrogen) atoms. The lowest BCUT2D eigenvalue weighted by Gasteiger charge is -2.40. The third-order valence-electron chi connectivity index (χ3n) is 8.00. The lowest BCUT2D eigenvalue weighted by atomic mass is 10.1. The van der Waals surface area contributed by atoms with E-state index < -0.39 is 6.09 Å². The number of likely N-dealkylation sites (tertiary alicyclic amines) is 1. The van der Waals surface area contributed by atoms with Gasteiger partial charge in [0.15, 0.2) is 0 Å². The maximum atomic E-state index is 11.6. The highest BCUT2D eigenvalue weighted by atomic mass is 16.5. The largest absolute Gasteiger partial charge is 0.497 e. The van der Waals surface area contributed by atoms with Crippen molar-refractivity contribution in [3.05, 3.63) is 40.6 Å². The zero-order valence-electron chi connectivity index (χ0n) is 22.3. The Bertz CT molecular complexity index is 1140. The Morgan fingerprint density at radius 2 is 2.03 bits per heavy atom. The molecule has 10 heteroatoms. The van der Waals surface area contributed by atoms with Crippen LogP contribution in [0.15, 0.2) is 18.2 Å². The summed E-state index contributed by atoms with van der Waals surface area (Å²) in [5.41, 5.74) is 4.56. The Hall–Kier alpha value is -3.11. The fourth-order valence-corrected chi connectivity index (χ4v) is 5.69. The highest BCUT2D eigenvalue weighted by Crippen LogP contribution is 2.34. The van der Waals surface area contributed by atoms with Gasteiger partial charge in [-0.25, -0.2) is 4.79 Å². The first-order chi connectivity index (χ1) is 17.8. The quantitative estimate of drug-likeness (QED) is 0.603. The molecule has 5 rings (SSSR count). The molecule has 4 heterocycles. The summed E-state index contributed by atoms with van der Waals surface area (Å²) in [7, 11) is 3.83. The van der Waals surface area contributed by atoms with Crippen molar-refractivity contribution >= 4 is 11.9 Å². The molecule has 0 spiro atoms. The Labute approximate surface area is 218 Å². The SMILES string of the molecule is COc1ccc(C)c(CN2Cc3nc(OC[C@@H]4CCCN4C)nc(N4CCN(C(=O)O)C[C@@H]4C)c3C2)c1. The lowest BCUT2D eigenvalue weighted by Crippen LogP contribution is -2.54. The van der Waals surface area contributed by atoms with Crippen molar-refractivity contribution in [3.63, 3.8) is 0 Å². The van der Waals surface area contributed by atoms with Crippen LogP contribution >= 0.6 is 0 Å². The van der Waals surface area contributed by atoms with Crippen molar-refractivity contribution in [3.8, 4) is 11.8 Å². The van der Waals surface area contributed by atoms with Crippen LogP contribution in [0.2, 0.25) is 0 Å². The number of fused-ring (bicyclic) bond motifs is 1. The number of methoxy groups -OCH3 is 1. The number of ether oxygens (including phenoxy) is 2. The number of piperazine rings is 1. The van der Waals surface area contributed by atoms with Crippen molar-refractivity contribution in [2.24, 2.45) is 0 Å². The number of aryl methyl sites for hydroxylation is 1. The topological polar surface area (TPSA) is 94.5 Å². The second-order valence-electron chi connectivity index (χ2n) is 10.6. The average Bonchev–Trinajstić information content (AvgIpc) is 3.48. The molecule has 0 aliphatic carbocycles. The summed E-state index contributed by atoms with van der Waals surface area (Å²) >= 11 is 0. The summed E-state index contributed by atoms with van der Waals surface area (Å²) in [6.45, 7) is 9.57. The highest BCUT2D eigenvalue weighted by molar-refractivity contribution is 5.66. The molecule has 2 saturated heterocycles. The Morgan fingerprint density at radius 3 is 2.73 bits per heavy atom. The predicted molar refractivity (Wildman–Crippen MR) is 140 cm³/mol. The maximum absolute atomic E-state index is 11.6. The minimum absolute atomic E-state index is 0.00680.